The second-order valence-corrected chi connectivity index (χ2v) is 8.56. The molecule has 1 saturated heterocycles. The molecule has 2 saturated carbocycles. The molecule has 126 valence electrons. The van der Waals surface area contributed by atoms with Crippen LogP contribution in [0.25, 0.3) is 0 Å². The number of hydrogen-bond acceptors (Lipinski definition) is 4. The first-order valence-corrected chi connectivity index (χ1v) is 9.87. The van der Waals surface area contributed by atoms with Crippen molar-refractivity contribution in [2.75, 3.05) is 13.1 Å². The van der Waals surface area contributed by atoms with Gasteiger partial charge in [-0.1, -0.05) is 18.9 Å². The zero-order valence-electron chi connectivity index (χ0n) is 13.7. The van der Waals surface area contributed by atoms with E-state index in [1.54, 1.807) is 11.3 Å². The van der Waals surface area contributed by atoms with Crippen LogP contribution in [0.1, 0.15) is 66.0 Å². The molecular weight excluding hydrogens is 320 g/mol. The van der Waals surface area contributed by atoms with Crippen molar-refractivity contribution >= 4 is 17.2 Å². The van der Waals surface area contributed by atoms with Crippen LogP contribution in [0.3, 0.4) is 0 Å². The summed E-state index contributed by atoms with van der Waals surface area (Å²) in [4.78, 5) is 15.8. The number of aromatic nitrogens is 3. The molecule has 0 aromatic carbocycles. The Balaban J connectivity index is 1.48. The molecule has 1 spiro atoms. The number of hydrogen-bond donors (Lipinski definition) is 0. The van der Waals surface area contributed by atoms with Crippen LogP contribution in [-0.2, 0) is 0 Å². The van der Waals surface area contributed by atoms with Crippen molar-refractivity contribution in [3.05, 3.63) is 34.5 Å². The summed E-state index contributed by atoms with van der Waals surface area (Å²) in [6, 6.07) is 4.49. The predicted octanol–water partition coefficient (Wildman–Crippen LogP) is 3.47. The molecule has 3 aliphatic rings. The Labute approximate surface area is 145 Å². The SMILES string of the molecule is O=C(c1cccs1)N1CC(c2nncn2C2CC2)C2(CCCC2)C1. The maximum absolute atomic E-state index is 12.9. The number of likely N-dealkylation sites (tertiary alicyclic amines) is 1. The molecule has 6 heteroatoms. The molecule has 5 rings (SSSR count). The fourth-order valence-corrected chi connectivity index (χ4v) is 5.45. The fraction of sp³-hybridized carbons (Fsp3) is 0.611. The lowest BCUT2D eigenvalue weighted by molar-refractivity contribution is 0.0778. The van der Waals surface area contributed by atoms with E-state index >= 15 is 0 Å². The second kappa shape index (κ2) is 5.41. The van der Waals surface area contributed by atoms with Gasteiger partial charge in [-0.3, -0.25) is 4.79 Å². The van der Waals surface area contributed by atoms with E-state index in [0.717, 1.165) is 23.8 Å². The highest BCUT2D eigenvalue weighted by Gasteiger charge is 2.52. The summed E-state index contributed by atoms with van der Waals surface area (Å²) < 4.78 is 2.30. The Morgan fingerprint density at radius 3 is 2.83 bits per heavy atom. The molecule has 2 aromatic heterocycles. The predicted molar refractivity (Wildman–Crippen MR) is 92.2 cm³/mol. The maximum Gasteiger partial charge on any atom is 0.263 e. The molecule has 0 N–H and O–H groups in total. The molecule has 1 atom stereocenters. The third-order valence-corrected chi connectivity index (χ3v) is 6.98. The Bertz CT molecular complexity index is 743. The quantitative estimate of drug-likeness (QED) is 0.858. The molecule has 3 heterocycles. The van der Waals surface area contributed by atoms with Crippen molar-refractivity contribution in [3.63, 3.8) is 0 Å². The van der Waals surface area contributed by atoms with Gasteiger partial charge in [-0.05, 0) is 42.5 Å². The zero-order valence-corrected chi connectivity index (χ0v) is 14.5. The highest BCUT2D eigenvalue weighted by molar-refractivity contribution is 7.12. The molecule has 0 radical (unpaired) electrons. The van der Waals surface area contributed by atoms with Crippen LogP contribution in [0.15, 0.2) is 23.8 Å². The molecule has 24 heavy (non-hydrogen) atoms. The van der Waals surface area contributed by atoms with Crippen LogP contribution in [0.5, 0.6) is 0 Å². The first-order valence-electron chi connectivity index (χ1n) is 8.99. The number of thiophene rings is 1. The number of amides is 1. The second-order valence-electron chi connectivity index (χ2n) is 7.61. The molecule has 1 aliphatic heterocycles. The lowest BCUT2D eigenvalue weighted by Gasteiger charge is -2.29. The summed E-state index contributed by atoms with van der Waals surface area (Å²) in [5.41, 5.74) is 0.215. The smallest absolute Gasteiger partial charge is 0.263 e. The summed E-state index contributed by atoms with van der Waals surface area (Å²) in [6.45, 7) is 1.67. The van der Waals surface area contributed by atoms with Crippen molar-refractivity contribution in [2.24, 2.45) is 5.41 Å². The van der Waals surface area contributed by atoms with Gasteiger partial charge in [0.05, 0.1) is 4.88 Å². The Hall–Kier alpha value is -1.69. The van der Waals surface area contributed by atoms with Gasteiger partial charge in [0.15, 0.2) is 0 Å². The first-order chi connectivity index (χ1) is 11.8. The molecule has 5 nitrogen and oxygen atoms in total. The summed E-state index contributed by atoms with van der Waals surface area (Å²) in [5.74, 6) is 1.66. The molecule has 3 fully saturated rings. The van der Waals surface area contributed by atoms with Gasteiger partial charge in [0.25, 0.3) is 5.91 Å². The molecule has 1 unspecified atom stereocenters. The summed E-state index contributed by atoms with van der Waals surface area (Å²) in [5, 5.41) is 10.7. The summed E-state index contributed by atoms with van der Waals surface area (Å²) in [7, 11) is 0. The summed E-state index contributed by atoms with van der Waals surface area (Å²) in [6.07, 6.45) is 9.35. The van der Waals surface area contributed by atoms with Crippen LogP contribution >= 0.6 is 11.3 Å². The molecular formula is C18H22N4OS. The van der Waals surface area contributed by atoms with E-state index in [0.29, 0.717) is 12.0 Å². The highest BCUT2D eigenvalue weighted by atomic mass is 32.1. The van der Waals surface area contributed by atoms with Crippen molar-refractivity contribution in [2.45, 2.75) is 50.5 Å². The number of rotatable bonds is 3. The monoisotopic (exact) mass is 342 g/mol. The van der Waals surface area contributed by atoms with E-state index in [9.17, 15) is 4.79 Å². The van der Waals surface area contributed by atoms with Crippen LogP contribution in [-0.4, -0.2) is 38.7 Å². The largest absolute Gasteiger partial charge is 0.337 e. The third kappa shape index (κ3) is 2.23. The maximum atomic E-state index is 12.9. The topological polar surface area (TPSA) is 51.0 Å². The average molecular weight is 342 g/mol. The minimum Gasteiger partial charge on any atom is -0.337 e. The molecule has 0 bridgehead atoms. The van der Waals surface area contributed by atoms with Crippen molar-refractivity contribution in [3.8, 4) is 0 Å². The average Bonchev–Trinajstić information content (AvgIpc) is 3.10. The molecule has 1 amide bonds. The van der Waals surface area contributed by atoms with E-state index in [2.05, 4.69) is 19.7 Å². The first kappa shape index (κ1) is 14.6. The van der Waals surface area contributed by atoms with E-state index in [-0.39, 0.29) is 11.3 Å². The van der Waals surface area contributed by atoms with Crippen molar-refractivity contribution in [1.29, 1.82) is 0 Å². The normalized spacial score (nSPS) is 25.7. The van der Waals surface area contributed by atoms with Crippen LogP contribution in [0.2, 0.25) is 0 Å². The van der Waals surface area contributed by atoms with E-state index in [1.807, 2.05) is 23.8 Å². The van der Waals surface area contributed by atoms with Gasteiger partial charge in [0.1, 0.15) is 12.2 Å². The lowest BCUT2D eigenvalue weighted by Crippen LogP contribution is -2.30. The van der Waals surface area contributed by atoms with Gasteiger partial charge in [0, 0.05) is 25.0 Å². The molecule has 2 aliphatic carbocycles. The van der Waals surface area contributed by atoms with Gasteiger partial charge < -0.3 is 9.47 Å². The van der Waals surface area contributed by atoms with Crippen molar-refractivity contribution in [1.82, 2.24) is 19.7 Å². The van der Waals surface area contributed by atoms with Crippen LogP contribution in [0.4, 0.5) is 0 Å². The minimum atomic E-state index is 0.191. The Morgan fingerprint density at radius 1 is 1.29 bits per heavy atom. The number of carbonyl (C=O) groups excluding carboxylic acids is 1. The van der Waals surface area contributed by atoms with E-state index in [4.69, 9.17) is 0 Å². The number of nitrogens with zero attached hydrogens (tertiary/aromatic N) is 4. The van der Waals surface area contributed by atoms with Gasteiger partial charge in [0.2, 0.25) is 0 Å². The lowest BCUT2D eigenvalue weighted by atomic mass is 9.76. The van der Waals surface area contributed by atoms with Gasteiger partial charge in [-0.2, -0.15) is 0 Å². The fourth-order valence-electron chi connectivity index (χ4n) is 4.76. The zero-order chi connectivity index (χ0) is 16.1. The van der Waals surface area contributed by atoms with E-state index in [1.165, 1.54) is 38.5 Å². The third-order valence-electron chi connectivity index (χ3n) is 6.12. The van der Waals surface area contributed by atoms with Gasteiger partial charge >= 0.3 is 0 Å². The van der Waals surface area contributed by atoms with Crippen LogP contribution in [0, 0.1) is 5.41 Å². The minimum absolute atomic E-state index is 0.191. The van der Waals surface area contributed by atoms with Crippen molar-refractivity contribution < 1.29 is 4.79 Å². The molecule has 2 aromatic rings. The van der Waals surface area contributed by atoms with Gasteiger partial charge in [-0.25, -0.2) is 0 Å². The van der Waals surface area contributed by atoms with E-state index < -0.39 is 0 Å². The number of carbonyl (C=O) groups is 1. The summed E-state index contributed by atoms with van der Waals surface area (Å²) >= 11 is 1.54. The standard InChI is InChI=1S/C18H22N4OS/c23-17(15-4-3-9-24-15)21-10-14(18(11-21)7-1-2-8-18)16-20-19-12-22(16)13-5-6-13/h3-4,9,12-14H,1-2,5-8,10-11H2. The van der Waals surface area contributed by atoms with Gasteiger partial charge in [-0.15, -0.1) is 21.5 Å². The van der Waals surface area contributed by atoms with Crippen LogP contribution < -0.4 is 0 Å². The Kier molecular flexibility index (Phi) is 3.30. The highest BCUT2D eigenvalue weighted by Crippen LogP contribution is 2.54. The Morgan fingerprint density at radius 2 is 2.12 bits per heavy atom.